The van der Waals surface area contributed by atoms with Crippen LogP contribution in [0.15, 0.2) is 58.8 Å². The Balaban J connectivity index is 2.22. The summed E-state index contributed by atoms with van der Waals surface area (Å²) in [5.41, 5.74) is 2.14. The van der Waals surface area contributed by atoms with E-state index in [2.05, 4.69) is 10.2 Å². The summed E-state index contributed by atoms with van der Waals surface area (Å²) >= 11 is 0. The maximum absolute atomic E-state index is 9.84. The molecule has 0 bridgehead atoms. The minimum absolute atomic E-state index is 0.126. The number of hydrogen-bond acceptors (Lipinski definition) is 4. The SMILES string of the molecule is CN(C)c1ccc(N=Nc2ccccc2)c(O)c1. The number of nitrogens with zero attached hydrogens (tertiary/aromatic N) is 3. The number of hydrogen-bond donors (Lipinski definition) is 1. The standard InChI is InChI=1S/C14H15N3O/c1-17(2)12-8-9-13(14(18)10-12)16-15-11-6-4-3-5-7-11/h3-10,18H,1-2H3. The maximum Gasteiger partial charge on any atom is 0.145 e. The fourth-order valence-electron chi connectivity index (χ4n) is 1.48. The van der Waals surface area contributed by atoms with Crippen molar-refractivity contribution in [1.29, 1.82) is 0 Å². The average Bonchev–Trinajstić information content (AvgIpc) is 2.38. The molecule has 2 aromatic carbocycles. The summed E-state index contributed by atoms with van der Waals surface area (Å²) < 4.78 is 0. The van der Waals surface area contributed by atoms with Crippen LogP contribution in [0.1, 0.15) is 0 Å². The topological polar surface area (TPSA) is 48.2 Å². The molecule has 0 saturated carbocycles. The third-order valence-electron chi connectivity index (χ3n) is 2.50. The van der Waals surface area contributed by atoms with Crippen LogP contribution in [0.3, 0.4) is 0 Å². The third-order valence-corrected chi connectivity index (χ3v) is 2.50. The lowest BCUT2D eigenvalue weighted by molar-refractivity contribution is 0.476. The molecule has 2 rings (SSSR count). The van der Waals surface area contributed by atoms with Crippen LogP contribution in [0, 0.1) is 0 Å². The van der Waals surface area contributed by atoms with Gasteiger partial charge >= 0.3 is 0 Å². The van der Waals surface area contributed by atoms with E-state index in [1.807, 2.05) is 55.4 Å². The molecule has 4 heteroatoms. The largest absolute Gasteiger partial charge is 0.506 e. The Bertz CT molecular complexity index is 550. The normalized spacial score (nSPS) is 10.8. The van der Waals surface area contributed by atoms with Gasteiger partial charge in [-0.15, -0.1) is 5.11 Å². The molecule has 0 fully saturated rings. The Hall–Kier alpha value is -2.36. The van der Waals surface area contributed by atoms with Gasteiger partial charge in [-0.3, -0.25) is 0 Å². The van der Waals surface area contributed by atoms with Crippen LogP contribution in [0.2, 0.25) is 0 Å². The van der Waals surface area contributed by atoms with Crippen molar-refractivity contribution in [2.75, 3.05) is 19.0 Å². The van der Waals surface area contributed by atoms with E-state index in [9.17, 15) is 5.11 Å². The minimum atomic E-state index is 0.126. The monoisotopic (exact) mass is 241 g/mol. The molecule has 0 atom stereocenters. The van der Waals surface area contributed by atoms with Crippen molar-refractivity contribution in [1.82, 2.24) is 0 Å². The highest BCUT2D eigenvalue weighted by Crippen LogP contribution is 2.31. The molecule has 1 N–H and O–H groups in total. The number of anilines is 1. The summed E-state index contributed by atoms with van der Waals surface area (Å²) in [6.07, 6.45) is 0. The number of phenolic OH excluding ortho intramolecular Hbond substituents is 1. The van der Waals surface area contributed by atoms with Gasteiger partial charge in [0.15, 0.2) is 0 Å². The van der Waals surface area contributed by atoms with E-state index >= 15 is 0 Å². The quantitative estimate of drug-likeness (QED) is 0.829. The summed E-state index contributed by atoms with van der Waals surface area (Å²) in [6.45, 7) is 0. The molecule has 0 aliphatic heterocycles. The van der Waals surface area contributed by atoms with Gasteiger partial charge in [0.25, 0.3) is 0 Å². The molecule has 4 nitrogen and oxygen atoms in total. The molecule has 0 heterocycles. The van der Waals surface area contributed by atoms with E-state index < -0.39 is 0 Å². The molecule has 92 valence electrons. The highest BCUT2D eigenvalue weighted by Gasteiger charge is 2.02. The smallest absolute Gasteiger partial charge is 0.145 e. The fraction of sp³-hybridized carbons (Fsp3) is 0.143. The molecule has 0 aliphatic carbocycles. The number of azo groups is 1. The molecule has 18 heavy (non-hydrogen) atoms. The molecule has 0 spiro atoms. The first-order valence-electron chi connectivity index (χ1n) is 5.64. The molecule has 2 aromatic rings. The second-order valence-corrected chi connectivity index (χ2v) is 4.10. The van der Waals surface area contributed by atoms with Crippen molar-refractivity contribution < 1.29 is 5.11 Å². The van der Waals surface area contributed by atoms with Crippen molar-refractivity contribution in [3.05, 3.63) is 48.5 Å². The predicted molar refractivity (Wildman–Crippen MR) is 73.1 cm³/mol. The number of phenols is 1. The van der Waals surface area contributed by atoms with Crippen LogP contribution in [-0.2, 0) is 0 Å². The van der Waals surface area contributed by atoms with Crippen molar-refractivity contribution in [3.8, 4) is 5.75 Å². The second kappa shape index (κ2) is 5.31. The highest BCUT2D eigenvalue weighted by molar-refractivity contribution is 5.60. The first kappa shape index (κ1) is 12.1. The fourth-order valence-corrected chi connectivity index (χ4v) is 1.48. The zero-order valence-corrected chi connectivity index (χ0v) is 10.4. The van der Waals surface area contributed by atoms with Gasteiger partial charge in [0.2, 0.25) is 0 Å². The van der Waals surface area contributed by atoms with E-state index in [4.69, 9.17) is 0 Å². The Labute approximate surface area is 106 Å². The molecule has 0 radical (unpaired) electrons. The first-order valence-corrected chi connectivity index (χ1v) is 5.64. The number of rotatable bonds is 3. The maximum atomic E-state index is 9.84. The van der Waals surface area contributed by atoms with Crippen LogP contribution < -0.4 is 4.90 Å². The zero-order valence-electron chi connectivity index (χ0n) is 10.4. The van der Waals surface area contributed by atoms with Crippen LogP contribution in [0.5, 0.6) is 5.75 Å². The molecule has 0 unspecified atom stereocenters. The summed E-state index contributed by atoms with van der Waals surface area (Å²) in [7, 11) is 3.83. The van der Waals surface area contributed by atoms with Crippen LogP contribution in [0.25, 0.3) is 0 Å². The van der Waals surface area contributed by atoms with Crippen molar-refractivity contribution in [2.45, 2.75) is 0 Å². The zero-order chi connectivity index (χ0) is 13.0. The Morgan fingerprint density at radius 3 is 2.28 bits per heavy atom. The van der Waals surface area contributed by atoms with Gasteiger partial charge in [0.05, 0.1) is 5.69 Å². The molecular formula is C14H15N3O. The van der Waals surface area contributed by atoms with E-state index in [1.54, 1.807) is 12.1 Å². The van der Waals surface area contributed by atoms with Gasteiger partial charge in [0.1, 0.15) is 11.4 Å². The average molecular weight is 241 g/mol. The summed E-state index contributed by atoms with van der Waals surface area (Å²) in [5.74, 6) is 0.126. The summed E-state index contributed by atoms with van der Waals surface area (Å²) in [4.78, 5) is 1.91. The highest BCUT2D eigenvalue weighted by atomic mass is 16.3. The minimum Gasteiger partial charge on any atom is -0.506 e. The van der Waals surface area contributed by atoms with E-state index in [-0.39, 0.29) is 5.75 Å². The summed E-state index contributed by atoms with van der Waals surface area (Å²) in [5, 5.41) is 17.9. The van der Waals surface area contributed by atoms with E-state index in [1.165, 1.54) is 0 Å². The molecule has 0 saturated heterocycles. The molecule has 0 aromatic heterocycles. The molecule has 0 amide bonds. The Morgan fingerprint density at radius 2 is 1.67 bits per heavy atom. The van der Waals surface area contributed by atoms with Crippen LogP contribution in [-0.4, -0.2) is 19.2 Å². The lowest BCUT2D eigenvalue weighted by Gasteiger charge is -2.12. The van der Waals surface area contributed by atoms with Gasteiger partial charge in [-0.25, -0.2) is 0 Å². The van der Waals surface area contributed by atoms with Gasteiger partial charge in [-0.2, -0.15) is 5.11 Å². The van der Waals surface area contributed by atoms with Gasteiger partial charge in [-0.05, 0) is 24.3 Å². The molecule has 0 aliphatic rings. The first-order chi connectivity index (χ1) is 8.66. The predicted octanol–water partition coefficient (Wildman–Crippen LogP) is 3.87. The number of aromatic hydroxyl groups is 1. The van der Waals surface area contributed by atoms with Crippen LogP contribution >= 0.6 is 0 Å². The van der Waals surface area contributed by atoms with Crippen molar-refractivity contribution >= 4 is 17.1 Å². The third kappa shape index (κ3) is 2.85. The number of benzene rings is 2. The van der Waals surface area contributed by atoms with E-state index in [0.717, 1.165) is 11.4 Å². The van der Waals surface area contributed by atoms with Gasteiger partial charge in [0, 0.05) is 25.8 Å². The molecular weight excluding hydrogens is 226 g/mol. The summed E-state index contributed by atoms with van der Waals surface area (Å²) in [6, 6.07) is 14.7. The Morgan fingerprint density at radius 1 is 0.944 bits per heavy atom. The van der Waals surface area contributed by atoms with Crippen molar-refractivity contribution in [2.24, 2.45) is 10.2 Å². The van der Waals surface area contributed by atoms with Crippen LogP contribution in [0.4, 0.5) is 17.1 Å². The Kier molecular flexibility index (Phi) is 3.57. The van der Waals surface area contributed by atoms with E-state index in [0.29, 0.717) is 5.69 Å². The lowest BCUT2D eigenvalue weighted by Crippen LogP contribution is -2.07. The van der Waals surface area contributed by atoms with Crippen molar-refractivity contribution in [3.63, 3.8) is 0 Å². The second-order valence-electron chi connectivity index (χ2n) is 4.10. The lowest BCUT2D eigenvalue weighted by atomic mass is 10.2. The van der Waals surface area contributed by atoms with Gasteiger partial charge < -0.3 is 10.0 Å². The van der Waals surface area contributed by atoms with Gasteiger partial charge in [-0.1, -0.05) is 18.2 Å².